The van der Waals surface area contributed by atoms with Crippen molar-refractivity contribution < 1.29 is 19.1 Å². The number of methoxy groups -OCH3 is 2. The monoisotopic (exact) mass is 308 g/mol. The third-order valence-electron chi connectivity index (χ3n) is 2.92. The Morgan fingerprint density at radius 1 is 0.909 bits per heavy atom. The van der Waals surface area contributed by atoms with Crippen molar-refractivity contribution in [3.8, 4) is 12.1 Å². The third-order valence-corrected chi connectivity index (χ3v) is 2.92. The minimum absolute atomic E-state index is 0.157. The van der Waals surface area contributed by atoms with Gasteiger partial charge in [-0.25, -0.2) is 0 Å². The number of hydrogen-bond donors (Lipinski definition) is 0. The van der Waals surface area contributed by atoms with Gasteiger partial charge in [-0.05, 0) is 12.8 Å². The van der Waals surface area contributed by atoms with E-state index in [-0.39, 0.29) is 37.9 Å². The lowest BCUT2D eigenvalue weighted by molar-refractivity contribution is -0.141. The first kappa shape index (κ1) is 19.5. The molecule has 0 rings (SSSR count). The van der Waals surface area contributed by atoms with Crippen LogP contribution in [-0.2, 0) is 19.1 Å². The van der Waals surface area contributed by atoms with Crippen molar-refractivity contribution in [1.82, 2.24) is 0 Å². The maximum absolute atomic E-state index is 11.0. The molecule has 8 heteroatoms. The molecule has 2 atom stereocenters. The van der Waals surface area contributed by atoms with E-state index in [1.54, 1.807) is 0 Å². The van der Waals surface area contributed by atoms with Crippen molar-refractivity contribution in [2.24, 2.45) is 22.1 Å². The number of azo groups is 1. The Bertz CT molecular complexity index is 422. The summed E-state index contributed by atoms with van der Waals surface area (Å²) in [6.07, 6.45) is 1.02. The SMILES string of the molecule is COC(=O)CCC(C#N)CN=NCC(C#N)CCC(=O)OC. The number of nitriles is 2. The van der Waals surface area contributed by atoms with Crippen molar-refractivity contribution in [3.05, 3.63) is 0 Å². The second-order valence-electron chi connectivity index (χ2n) is 4.53. The Morgan fingerprint density at radius 3 is 1.55 bits per heavy atom. The summed E-state index contributed by atoms with van der Waals surface area (Å²) in [5, 5.41) is 25.6. The van der Waals surface area contributed by atoms with Gasteiger partial charge in [0.05, 0.1) is 51.3 Å². The van der Waals surface area contributed by atoms with Crippen molar-refractivity contribution in [1.29, 1.82) is 10.5 Å². The predicted octanol–water partition coefficient (Wildman–Crippen LogP) is 1.62. The molecule has 0 bridgehead atoms. The summed E-state index contributed by atoms with van der Waals surface area (Å²) in [7, 11) is 2.58. The van der Waals surface area contributed by atoms with Crippen LogP contribution in [0, 0.1) is 34.5 Å². The minimum atomic E-state index is -0.418. The lowest BCUT2D eigenvalue weighted by atomic mass is 10.1. The van der Waals surface area contributed by atoms with Gasteiger partial charge in [0.1, 0.15) is 0 Å². The summed E-state index contributed by atoms with van der Waals surface area (Å²) in [6.45, 7) is 0.339. The van der Waals surface area contributed by atoms with Gasteiger partial charge >= 0.3 is 11.9 Å². The van der Waals surface area contributed by atoms with Crippen molar-refractivity contribution >= 4 is 11.9 Å². The van der Waals surface area contributed by atoms with Crippen LogP contribution in [0.4, 0.5) is 0 Å². The van der Waals surface area contributed by atoms with Crippen LogP contribution < -0.4 is 0 Å². The van der Waals surface area contributed by atoms with Crippen molar-refractivity contribution in [2.75, 3.05) is 27.3 Å². The summed E-state index contributed by atoms with van der Waals surface area (Å²) in [6, 6.07) is 4.09. The molecule has 0 aliphatic heterocycles. The molecule has 0 spiro atoms. The van der Waals surface area contributed by atoms with Crippen LogP contribution in [0.2, 0.25) is 0 Å². The highest BCUT2D eigenvalue weighted by atomic mass is 16.5. The maximum Gasteiger partial charge on any atom is 0.305 e. The number of nitrogens with zero attached hydrogens (tertiary/aromatic N) is 4. The molecule has 0 amide bonds. The van der Waals surface area contributed by atoms with Crippen LogP contribution in [0.1, 0.15) is 25.7 Å². The summed E-state index contributed by atoms with van der Waals surface area (Å²) >= 11 is 0. The maximum atomic E-state index is 11.0. The van der Waals surface area contributed by atoms with Crippen LogP contribution in [-0.4, -0.2) is 39.2 Å². The van der Waals surface area contributed by atoms with Crippen LogP contribution in [0.3, 0.4) is 0 Å². The molecule has 0 aliphatic rings. The molecule has 120 valence electrons. The van der Waals surface area contributed by atoms with Crippen molar-refractivity contribution in [3.63, 3.8) is 0 Å². The van der Waals surface area contributed by atoms with E-state index in [1.165, 1.54) is 14.2 Å². The molecule has 0 aliphatic carbocycles. The number of esters is 2. The fourth-order valence-electron chi connectivity index (χ4n) is 1.49. The molecule has 0 aromatic heterocycles. The molecular formula is C14H20N4O4. The smallest absolute Gasteiger partial charge is 0.305 e. The molecular weight excluding hydrogens is 288 g/mol. The van der Waals surface area contributed by atoms with E-state index in [1.807, 2.05) is 12.1 Å². The highest BCUT2D eigenvalue weighted by molar-refractivity contribution is 5.69. The Balaban J connectivity index is 4.08. The summed E-state index contributed by atoms with van der Waals surface area (Å²) in [5.74, 6) is -1.58. The zero-order valence-corrected chi connectivity index (χ0v) is 12.8. The summed E-state index contributed by atoms with van der Waals surface area (Å²) < 4.78 is 8.99. The Labute approximate surface area is 129 Å². The molecule has 8 nitrogen and oxygen atoms in total. The second-order valence-corrected chi connectivity index (χ2v) is 4.53. The molecule has 0 fully saturated rings. The number of carbonyl (C=O) groups excluding carboxylic acids is 2. The van der Waals surface area contributed by atoms with E-state index >= 15 is 0 Å². The first-order valence-electron chi connectivity index (χ1n) is 6.83. The van der Waals surface area contributed by atoms with Gasteiger partial charge in [-0.15, -0.1) is 0 Å². The van der Waals surface area contributed by atoms with Gasteiger partial charge < -0.3 is 9.47 Å². The molecule has 22 heavy (non-hydrogen) atoms. The molecule has 0 radical (unpaired) electrons. The Kier molecular flexibility index (Phi) is 10.9. The van der Waals surface area contributed by atoms with Gasteiger partial charge in [0.25, 0.3) is 0 Å². The van der Waals surface area contributed by atoms with Crippen LogP contribution in [0.25, 0.3) is 0 Å². The van der Waals surface area contributed by atoms with Crippen LogP contribution in [0.15, 0.2) is 10.2 Å². The van der Waals surface area contributed by atoms with E-state index in [0.29, 0.717) is 12.8 Å². The minimum Gasteiger partial charge on any atom is -0.469 e. The van der Waals surface area contributed by atoms with E-state index in [2.05, 4.69) is 19.7 Å². The third kappa shape index (κ3) is 9.43. The average Bonchev–Trinajstić information content (AvgIpc) is 2.55. The molecule has 0 saturated carbocycles. The Hall–Kier alpha value is -2.48. The number of rotatable bonds is 10. The van der Waals surface area contributed by atoms with Gasteiger partial charge in [-0.2, -0.15) is 20.8 Å². The lowest BCUT2D eigenvalue weighted by Gasteiger charge is -2.05. The number of carbonyl (C=O) groups is 2. The highest BCUT2D eigenvalue weighted by Gasteiger charge is 2.12. The quantitative estimate of drug-likeness (QED) is 0.446. The van der Waals surface area contributed by atoms with Gasteiger partial charge in [0.15, 0.2) is 0 Å². The molecule has 0 heterocycles. The topological polar surface area (TPSA) is 125 Å². The van der Waals surface area contributed by atoms with Gasteiger partial charge in [0.2, 0.25) is 0 Å². The Morgan fingerprint density at radius 2 is 1.27 bits per heavy atom. The molecule has 0 aromatic rings. The van der Waals surface area contributed by atoms with Gasteiger partial charge in [0, 0.05) is 12.8 Å². The first-order valence-corrected chi connectivity index (χ1v) is 6.83. The van der Waals surface area contributed by atoms with E-state index in [9.17, 15) is 9.59 Å². The molecule has 2 unspecified atom stereocenters. The number of hydrogen-bond acceptors (Lipinski definition) is 8. The van der Waals surface area contributed by atoms with Gasteiger partial charge in [-0.3, -0.25) is 9.59 Å². The second kappa shape index (κ2) is 12.3. The molecule has 0 saturated heterocycles. The largest absolute Gasteiger partial charge is 0.469 e. The van der Waals surface area contributed by atoms with Gasteiger partial charge in [-0.1, -0.05) is 0 Å². The lowest BCUT2D eigenvalue weighted by Crippen LogP contribution is -2.08. The first-order chi connectivity index (χ1) is 10.6. The molecule has 0 N–H and O–H groups in total. The zero-order valence-electron chi connectivity index (χ0n) is 12.8. The van der Waals surface area contributed by atoms with E-state index in [4.69, 9.17) is 10.5 Å². The molecule has 0 aromatic carbocycles. The predicted molar refractivity (Wildman–Crippen MR) is 75.3 cm³/mol. The average molecular weight is 308 g/mol. The standard InChI is InChI=1S/C14H20N4O4/c1-21-13(19)5-3-11(7-15)9-17-18-10-12(8-16)4-6-14(20)22-2/h11-12H,3-6,9-10H2,1-2H3. The number of ether oxygens (including phenoxy) is 2. The fourth-order valence-corrected chi connectivity index (χ4v) is 1.49. The van der Waals surface area contributed by atoms with Crippen molar-refractivity contribution in [2.45, 2.75) is 25.7 Å². The summed E-state index contributed by atoms with van der Waals surface area (Å²) in [5.41, 5.74) is 0. The fraction of sp³-hybridized carbons (Fsp3) is 0.714. The normalized spacial score (nSPS) is 12.9. The zero-order chi connectivity index (χ0) is 16.8. The van der Waals surface area contributed by atoms with E-state index in [0.717, 1.165) is 0 Å². The summed E-state index contributed by atoms with van der Waals surface area (Å²) in [4.78, 5) is 22.0. The highest BCUT2D eigenvalue weighted by Crippen LogP contribution is 2.09. The van der Waals surface area contributed by atoms with E-state index < -0.39 is 11.8 Å². The van der Waals surface area contributed by atoms with Crippen LogP contribution in [0.5, 0.6) is 0 Å². The van der Waals surface area contributed by atoms with Crippen LogP contribution >= 0.6 is 0 Å².